The molecule has 0 fully saturated rings. The predicted octanol–water partition coefficient (Wildman–Crippen LogP) is 0.116. The number of hydrogen-bond acceptors (Lipinski definition) is 5. The highest BCUT2D eigenvalue weighted by Gasteiger charge is 2.33. The number of allylic oxidation sites excluding steroid dienone is 2. The SMILES string of the molecule is O=C1C(O)=C(O)C(=O)c2[nH]ncc21. The quantitative estimate of drug-likeness (QED) is 0.526. The summed E-state index contributed by atoms with van der Waals surface area (Å²) in [5, 5.41) is 23.7. The smallest absolute Gasteiger partial charge is 0.249 e. The Bertz CT molecular complexity index is 405. The fraction of sp³-hybridized carbons (Fsp3) is 0. The molecule has 0 aliphatic heterocycles. The number of nitrogens with zero attached hydrogens (tertiary/aromatic N) is 1. The van der Waals surface area contributed by atoms with Gasteiger partial charge < -0.3 is 10.2 Å². The van der Waals surface area contributed by atoms with Crippen molar-refractivity contribution in [3.8, 4) is 0 Å². The van der Waals surface area contributed by atoms with Crippen molar-refractivity contribution in [3.63, 3.8) is 0 Å². The Kier molecular flexibility index (Phi) is 1.27. The summed E-state index contributed by atoms with van der Waals surface area (Å²) in [5.41, 5.74) is -0.124. The lowest BCUT2D eigenvalue weighted by atomic mass is 10.00. The second-order valence-corrected chi connectivity index (χ2v) is 2.51. The molecule has 1 aliphatic rings. The third-order valence-electron chi connectivity index (χ3n) is 1.77. The van der Waals surface area contributed by atoms with E-state index in [-0.39, 0.29) is 11.3 Å². The van der Waals surface area contributed by atoms with E-state index in [9.17, 15) is 9.59 Å². The third-order valence-corrected chi connectivity index (χ3v) is 1.77. The number of carbonyl (C=O) groups is 2. The number of hydrogen-bond donors (Lipinski definition) is 3. The van der Waals surface area contributed by atoms with Crippen molar-refractivity contribution in [1.82, 2.24) is 10.2 Å². The van der Waals surface area contributed by atoms with E-state index in [1.807, 2.05) is 0 Å². The number of H-pyrrole nitrogens is 1. The van der Waals surface area contributed by atoms with Crippen molar-refractivity contribution in [1.29, 1.82) is 0 Å². The molecule has 1 heterocycles. The van der Waals surface area contributed by atoms with E-state index in [4.69, 9.17) is 10.2 Å². The van der Waals surface area contributed by atoms with E-state index < -0.39 is 23.1 Å². The predicted molar refractivity (Wildman–Crippen MR) is 39.5 cm³/mol. The van der Waals surface area contributed by atoms with Crippen molar-refractivity contribution in [2.45, 2.75) is 0 Å². The average molecular weight is 180 g/mol. The molecule has 0 radical (unpaired) electrons. The molecule has 1 aromatic rings. The summed E-state index contributed by atoms with van der Waals surface area (Å²) < 4.78 is 0. The van der Waals surface area contributed by atoms with Gasteiger partial charge in [0.05, 0.1) is 11.8 Å². The van der Waals surface area contributed by atoms with Crippen LogP contribution in [0.4, 0.5) is 0 Å². The molecule has 0 saturated carbocycles. The maximum Gasteiger partial charge on any atom is 0.249 e. The van der Waals surface area contributed by atoms with Gasteiger partial charge in [-0.15, -0.1) is 0 Å². The highest BCUT2D eigenvalue weighted by molar-refractivity contribution is 6.24. The minimum Gasteiger partial charge on any atom is -0.501 e. The fourth-order valence-electron chi connectivity index (χ4n) is 1.09. The van der Waals surface area contributed by atoms with Crippen LogP contribution in [-0.4, -0.2) is 32.0 Å². The summed E-state index contributed by atoms with van der Waals surface area (Å²) in [6.45, 7) is 0. The summed E-state index contributed by atoms with van der Waals surface area (Å²) in [7, 11) is 0. The summed E-state index contributed by atoms with van der Waals surface area (Å²) >= 11 is 0. The lowest BCUT2D eigenvalue weighted by molar-refractivity contribution is 0.0878. The van der Waals surface area contributed by atoms with Crippen molar-refractivity contribution in [3.05, 3.63) is 29.0 Å². The van der Waals surface area contributed by atoms with Crippen LogP contribution in [0.5, 0.6) is 0 Å². The first kappa shape index (κ1) is 7.53. The number of carbonyl (C=O) groups excluding carboxylic acids is 2. The molecule has 66 valence electrons. The normalized spacial score (nSPS) is 16.3. The van der Waals surface area contributed by atoms with Crippen LogP contribution < -0.4 is 0 Å². The summed E-state index contributed by atoms with van der Waals surface area (Å²) in [6, 6.07) is 0. The first-order valence-electron chi connectivity index (χ1n) is 3.38. The Balaban J connectivity index is 2.71. The van der Waals surface area contributed by atoms with Gasteiger partial charge in [-0.05, 0) is 0 Å². The lowest BCUT2D eigenvalue weighted by Gasteiger charge is -2.08. The van der Waals surface area contributed by atoms with Gasteiger partial charge in [0.2, 0.25) is 23.1 Å². The molecule has 0 spiro atoms. The molecule has 6 heteroatoms. The molecule has 1 aliphatic carbocycles. The number of nitrogens with one attached hydrogen (secondary N) is 1. The van der Waals surface area contributed by atoms with E-state index in [0.717, 1.165) is 6.20 Å². The van der Waals surface area contributed by atoms with E-state index >= 15 is 0 Å². The van der Waals surface area contributed by atoms with Gasteiger partial charge in [-0.2, -0.15) is 5.10 Å². The molecule has 2 rings (SSSR count). The summed E-state index contributed by atoms with van der Waals surface area (Å²) in [6.07, 6.45) is 1.12. The van der Waals surface area contributed by atoms with Gasteiger partial charge in [0.25, 0.3) is 0 Å². The Morgan fingerprint density at radius 2 is 1.77 bits per heavy atom. The minimum atomic E-state index is -0.943. The lowest BCUT2D eigenvalue weighted by Crippen LogP contribution is -2.21. The number of rotatable bonds is 0. The van der Waals surface area contributed by atoms with Crippen LogP contribution >= 0.6 is 0 Å². The summed E-state index contributed by atoms with van der Waals surface area (Å²) in [4.78, 5) is 22.3. The van der Waals surface area contributed by atoms with Crippen LogP contribution in [0, 0.1) is 0 Å². The maximum atomic E-state index is 11.2. The average Bonchev–Trinajstić information content (AvgIpc) is 2.59. The number of ketones is 2. The van der Waals surface area contributed by atoms with Crippen molar-refractivity contribution < 1.29 is 19.8 Å². The van der Waals surface area contributed by atoms with E-state index in [1.165, 1.54) is 0 Å². The van der Waals surface area contributed by atoms with Crippen LogP contribution in [0.2, 0.25) is 0 Å². The van der Waals surface area contributed by atoms with Crippen LogP contribution in [0.1, 0.15) is 20.8 Å². The largest absolute Gasteiger partial charge is 0.501 e. The zero-order valence-electron chi connectivity index (χ0n) is 6.24. The Morgan fingerprint density at radius 1 is 1.15 bits per heavy atom. The van der Waals surface area contributed by atoms with Gasteiger partial charge in [-0.1, -0.05) is 0 Å². The first-order valence-corrected chi connectivity index (χ1v) is 3.38. The van der Waals surface area contributed by atoms with Gasteiger partial charge in [-0.25, -0.2) is 0 Å². The zero-order valence-corrected chi connectivity index (χ0v) is 6.24. The topological polar surface area (TPSA) is 103 Å². The molecular formula is C7H4N2O4. The number of aliphatic hydroxyl groups is 2. The molecule has 13 heavy (non-hydrogen) atoms. The number of aromatic nitrogens is 2. The second-order valence-electron chi connectivity index (χ2n) is 2.51. The third kappa shape index (κ3) is 0.792. The number of Topliss-reactive ketones (excluding diaryl/α,β-unsaturated/α-hetero) is 2. The van der Waals surface area contributed by atoms with Crippen molar-refractivity contribution in [2.75, 3.05) is 0 Å². The maximum absolute atomic E-state index is 11.2. The monoisotopic (exact) mass is 180 g/mol. The molecule has 6 nitrogen and oxygen atoms in total. The van der Waals surface area contributed by atoms with E-state index in [1.54, 1.807) is 0 Å². The Morgan fingerprint density at radius 3 is 2.46 bits per heavy atom. The molecule has 0 unspecified atom stereocenters. The molecule has 0 bridgehead atoms. The van der Waals surface area contributed by atoms with Gasteiger partial charge >= 0.3 is 0 Å². The van der Waals surface area contributed by atoms with Gasteiger partial charge in [-0.3, -0.25) is 14.7 Å². The zero-order chi connectivity index (χ0) is 9.59. The molecule has 0 atom stereocenters. The molecule has 1 aromatic heterocycles. The highest BCUT2D eigenvalue weighted by Crippen LogP contribution is 2.21. The van der Waals surface area contributed by atoms with Crippen LogP contribution in [0.15, 0.2) is 17.7 Å². The van der Waals surface area contributed by atoms with Gasteiger partial charge in [0.15, 0.2) is 0 Å². The number of fused-ring (bicyclic) bond motifs is 1. The molecule has 0 amide bonds. The molecule has 0 saturated heterocycles. The highest BCUT2D eigenvalue weighted by atomic mass is 16.3. The number of aliphatic hydroxyl groups excluding tert-OH is 2. The van der Waals surface area contributed by atoms with Gasteiger partial charge in [0.1, 0.15) is 5.69 Å². The van der Waals surface area contributed by atoms with Crippen LogP contribution in [-0.2, 0) is 0 Å². The van der Waals surface area contributed by atoms with E-state index in [0.29, 0.717) is 0 Å². The van der Waals surface area contributed by atoms with Crippen molar-refractivity contribution in [2.24, 2.45) is 0 Å². The summed E-state index contributed by atoms with van der Waals surface area (Å²) in [5.74, 6) is -3.51. The fourth-order valence-corrected chi connectivity index (χ4v) is 1.09. The van der Waals surface area contributed by atoms with Gasteiger partial charge in [0, 0.05) is 0 Å². The first-order chi connectivity index (χ1) is 6.13. The van der Waals surface area contributed by atoms with Crippen LogP contribution in [0.3, 0.4) is 0 Å². The van der Waals surface area contributed by atoms with Crippen molar-refractivity contribution >= 4 is 11.6 Å². The number of aromatic amines is 1. The standard InChI is InChI=1S/C7H4N2O4/c10-4-2-1-8-9-3(2)5(11)7(13)6(4)12/h1,12-13H,(H,8,9). The molecular weight excluding hydrogens is 176 g/mol. The minimum absolute atomic E-state index is 0.0275. The van der Waals surface area contributed by atoms with Crippen LogP contribution in [0.25, 0.3) is 0 Å². The Hall–Kier alpha value is -2.11. The molecule has 0 aromatic carbocycles. The second kappa shape index (κ2) is 2.19. The molecule has 3 N–H and O–H groups in total. The van der Waals surface area contributed by atoms with E-state index in [2.05, 4.69) is 10.2 Å². The Labute approximate surface area is 71.5 Å².